The molecule has 2 atom stereocenters. The van der Waals surface area contributed by atoms with E-state index in [1.54, 1.807) is 37.3 Å². The fourth-order valence-corrected chi connectivity index (χ4v) is 6.26. The van der Waals surface area contributed by atoms with E-state index in [1.165, 1.54) is 18.2 Å². The molecule has 2 aromatic heterocycles. The lowest BCUT2D eigenvalue weighted by molar-refractivity contribution is 0.0633. The Balaban J connectivity index is 1.50. The maximum atomic E-state index is 14.5. The molecule has 206 valence electrons. The van der Waals surface area contributed by atoms with Crippen LogP contribution in [-0.2, 0) is 10.0 Å². The molecular formula is C29H33FN4O4S. The number of hydrogen-bond acceptors (Lipinski definition) is 7. The summed E-state index contributed by atoms with van der Waals surface area (Å²) < 4.78 is 48.3. The van der Waals surface area contributed by atoms with Crippen LogP contribution in [0.1, 0.15) is 43.2 Å². The zero-order chi connectivity index (χ0) is 27.9. The fraction of sp³-hybridized carbons (Fsp3) is 0.414. The summed E-state index contributed by atoms with van der Waals surface area (Å²) in [4.78, 5) is 24.3. The van der Waals surface area contributed by atoms with E-state index in [2.05, 4.69) is 16.6 Å². The Kier molecular flexibility index (Phi) is 7.33. The predicted octanol–water partition coefficient (Wildman–Crippen LogP) is 4.84. The number of nitrogens with one attached hydrogen (secondary N) is 1. The summed E-state index contributed by atoms with van der Waals surface area (Å²) in [5, 5.41) is -0.233. The minimum Gasteiger partial charge on any atom is -0.493 e. The van der Waals surface area contributed by atoms with Gasteiger partial charge in [0.15, 0.2) is 5.03 Å². The van der Waals surface area contributed by atoms with Gasteiger partial charge in [-0.1, -0.05) is 26.8 Å². The Morgan fingerprint density at radius 1 is 1.13 bits per heavy atom. The number of sulfonamides is 1. The summed E-state index contributed by atoms with van der Waals surface area (Å²) in [6, 6.07) is 12.2. The first kappa shape index (κ1) is 27.1. The molecule has 2 saturated heterocycles. The van der Waals surface area contributed by atoms with Gasteiger partial charge in [0.2, 0.25) is 0 Å². The van der Waals surface area contributed by atoms with Crippen molar-refractivity contribution < 1.29 is 22.3 Å². The number of halogens is 1. The van der Waals surface area contributed by atoms with Gasteiger partial charge in [-0.25, -0.2) is 19.1 Å². The number of piperidine rings is 2. The summed E-state index contributed by atoms with van der Waals surface area (Å²) in [7, 11) is -4.20. The number of pyridine rings is 2. The van der Waals surface area contributed by atoms with Crippen LogP contribution >= 0.6 is 0 Å². The molecule has 3 aliphatic rings. The number of benzene rings is 1. The largest absolute Gasteiger partial charge is 0.493 e. The van der Waals surface area contributed by atoms with Crippen molar-refractivity contribution in [2.24, 2.45) is 23.7 Å². The number of nitrogens with zero attached hydrogens (tertiary/aromatic N) is 3. The average Bonchev–Trinajstić information content (AvgIpc) is 2.90. The zero-order valence-electron chi connectivity index (χ0n) is 22.5. The molecule has 6 rings (SSSR count). The number of fused-ring (bicyclic) bond motifs is 2. The highest BCUT2D eigenvalue weighted by atomic mass is 32.2. The van der Waals surface area contributed by atoms with E-state index in [9.17, 15) is 17.6 Å². The van der Waals surface area contributed by atoms with Crippen LogP contribution in [0.3, 0.4) is 0 Å². The van der Waals surface area contributed by atoms with Gasteiger partial charge in [-0.05, 0) is 73.4 Å². The van der Waals surface area contributed by atoms with Crippen molar-refractivity contribution >= 4 is 21.7 Å². The van der Waals surface area contributed by atoms with E-state index < -0.39 is 21.7 Å². The Morgan fingerprint density at radius 3 is 2.54 bits per heavy atom. The van der Waals surface area contributed by atoms with Gasteiger partial charge in [0.05, 0.1) is 17.9 Å². The van der Waals surface area contributed by atoms with E-state index >= 15 is 0 Å². The van der Waals surface area contributed by atoms with E-state index in [4.69, 9.17) is 9.72 Å². The lowest BCUT2D eigenvalue weighted by atomic mass is 9.62. The number of ether oxygens (including phenoxy) is 1. The van der Waals surface area contributed by atoms with Crippen LogP contribution in [0.5, 0.6) is 5.75 Å². The molecule has 4 heterocycles. The van der Waals surface area contributed by atoms with E-state index in [0.717, 1.165) is 6.42 Å². The molecule has 1 aromatic carbocycles. The molecule has 10 heteroatoms. The Labute approximate surface area is 228 Å². The summed E-state index contributed by atoms with van der Waals surface area (Å²) in [5.74, 6) is 1.37. The van der Waals surface area contributed by atoms with Crippen molar-refractivity contribution in [3.05, 3.63) is 65.6 Å². The molecule has 1 amide bonds. The number of anilines is 1. The third-order valence-electron chi connectivity index (χ3n) is 7.54. The maximum Gasteiger partial charge on any atom is 0.281 e. The first-order chi connectivity index (χ1) is 18.5. The molecular weight excluding hydrogens is 519 g/mol. The molecule has 3 fully saturated rings. The normalized spacial score (nSPS) is 20.5. The molecule has 0 radical (unpaired) electrons. The summed E-state index contributed by atoms with van der Waals surface area (Å²) in [6.45, 7) is 9.81. The third-order valence-corrected chi connectivity index (χ3v) is 8.77. The second-order valence-corrected chi connectivity index (χ2v) is 12.6. The van der Waals surface area contributed by atoms with Crippen LogP contribution in [-0.4, -0.2) is 44.0 Å². The van der Waals surface area contributed by atoms with Gasteiger partial charge in [-0.3, -0.25) is 4.79 Å². The Hall–Kier alpha value is -3.53. The van der Waals surface area contributed by atoms with Gasteiger partial charge >= 0.3 is 0 Å². The van der Waals surface area contributed by atoms with E-state index in [-0.39, 0.29) is 16.5 Å². The molecule has 3 aromatic rings. The number of amides is 1. The number of carbonyl (C=O) groups excluding carboxylic acids is 1. The maximum absolute atomic E-state index is 14.5. The first-order valence-corrected chi connectivity index (χ1v) is 14.7. The van der Waals surface area contributed by atoms with Crippen molar-refractivity contribution in [2.75, 3.05) is 24.6 Å². The van der Waals surface area contributed by atoms with Crippen molar-refractivity contribution in [3.63, 3.8) is 0 Å². The minimum atomic E-state index is -4.20. The van der Waals surface area contributed by atoms with Crippen molar-refractivity contribution in [1.29, 1.82) is 0 Å². The molecule has 1 saturated carbocycles. The van der Waals surface area contributed by atoms with E-state index in [0.29, 0.717) is 66.0 Å². The molecule has 1 aliphatic carbocycles. The van der Waals surface area contributed by atoms with E-state index in [1.807, 2.05) is 18.7 Å². The van der Waals surface area contributed by atoms with Crippen LogP contribution in [0.2, 0.25) is 0 Å². The smallest absolute Gasteiger partial charge is 0.281 e. The molecule has 39 heavy (non-hydrogen) atoms. The molecule has 2 bridgehead atoms. The number of carbonyl (C=O) groups is 1. The predicted molar refractivity (Wildman–Crippen MR) is 147 cm³/mol. The minimum absolute atomic E-state index is 0.136. The van der Waals surface area contributed by atoms with Gasteiger partial charge in [-0.2, -0.15) is 8.42 Å². The number of aryl methyl sites for hydroxylation is 1. The lowest BCUT2D eigenvalue weighted by Gasteiger charge is -2.53. The fourth-order valence-electron chi connectivity index (χ4n) is 5.28. The highest BCUT2D eigenvalue weighted by Crippen LogP contribution is 2.46. The Bertz CT molecular complexity index is 1500. The second kappa shape index (κ2) is 10.6. The number of hydrogen-bond donors (Lipinski definition) is 1. The van der Waals surface area contributed by atoms with Crippen LogP contribution in [0.25, 0.3) is 11.3 Å². The van der Waals surface area contributed by atoms with Gasteiger partial charge in [0.1, 0.15) is 17.4 Å². The highest BCUT2D eigenvalue weighted by molar-refractivity contribution is 7.90. The molecule has 8 nitrogen and oxygen atoms in total. The summed E-state index contributed by atoms with van der Waals surface area (Å²) >= 11 is 0. The van der Waals surface area contributed by atoms with Gasteiger partial charge < -0.3 is 9.64 Å². The molecule has 1 N–H and O–H groups in total. The van der Waals surface area contributed by atoms with Crippen molar-refractivity contribution in [1.82, 2.24) is 14.7 Å². The van der Waals surface area contributed by atoms with Crippen molar-refractivity contribution in [2.45, 2.75) is 39.1 Å². The monoisotopic (exact) mass is 552 g/mol. The topological polar surface area (TPSA) is 101 Å². The lowest BCUT2D eigenvalue weighted by Crippen LogP contribution is -2.54. The second-order valence-electron chi connectivity index (χ2n) is 11.0. The van der Waals surface area contributed by atoms with Gasteiger partial charge in [-0.15, -0.1) is 0 Å². The summed E-state index contributed by atoms with van der Waals surface area (Å²) in [6.07, 6.45) is 1.13. The third kappa shape index (κ3) is 5.75. The molecule has 2 unspecified atom stereocenters. The summed E-state index contributed by atoms with van der Waals surface area (Å²) in [5.41, 5.74) is 1.63. The first-order valence-electron chi connectivity index (χ1n) is 13.2. The highest BCUT2D eigenvalue weighted by Gasteiger charge is 2.44. The quantitative estimate of drug-likeness (QED) is 0.427. The number of aromatic nitrogens is 2. The SMILES string of the molecule is Cc1cccc(S(=O)(=O)NC(=O)c2ccc(-c3cc(F)cc(OCC(C)C)c3)nc2N2CC3CC(C2)C3C)n1. The molecule has 2 aliphatic heterocycles. The van der Waals surface area contributed by atoms with Crippen LogP contribution in [0.15, 0.2) is 53.6 Å². The number of rotatable bonds is 8. The van der Waals surface area contributed by atoms with Crippen LogP contribution in [0.4, 0.5) is 10.2 Å². The standard InChI is InChI=1S/C29H33FN4O4S/c1-17(2)16-38-24-12-20(11-23(30)13-24)26-9-8-25(28(32-26)34-14-21-10-22(15-34)19(21)4)29(35)33-39(36,37)27-7-5-6-18(3)31-27/h5-9,11-13,17,19,21-22H,10,14-16H2,1-4H3,(H,33,35). The zero-order valence-corrected chi connectivity index (χ0v) is 23.3. The molecule has 0 spiro atoms. The van der Waals surface area contributed by atoms with Gasteiger partial charge in [0.25, 0.3) is 15.9 Å². The van der Waals surface area contributed by atoms with Crippen LogP contribution < -0.4 is 14.4 Å². The van der Waals surface area contributed by atoms with Crippen LogP contribution in [0, 0.1) is 36.4 Å². The Morgan fingerprint density at radius 2 is 1.87 bits per heavy atom. The van der Waals surface area contributed by atoms with Gasteiger partial charge in [0, 0.05) is 30.4 Å². The average molecular weight is 553 g/mol. The van der Waals surface area contributed by atoms with Crippen molar-refractivity contribution in [3.8, 4) is 17.0 Å².